The van der Waals surface area contributed by atoms with Gasteiger partial charge in [-0.25, -0.2) is 4.79 Å². The summed E-state index contributed by atoms with van der Waals surface area (Å²) in [7, 11) is 1.23. The molecule has 0 spiro atoms. The molecule has 1 aromatic rings. The van der Waals surface area contributed by atoms with Gasteiger partial charge in [0.15, 0.2) is 6.61 Å². The Morgan fingerprint density at radius 3 is 2.33 bits per heavy atom. The second-order valence-corrected chi connectivity index (χ2v) is 6.24. The molecule has 0 fully saturated rings. The van der Waals surface area contributed by atoms with Crippen molar-refractivity contribution < 1.29 is 28.7 Å². The molecule has 148 valence electrons. The minimum Gasteiger partial charge on any atom is -0.467 e. The van der Waals surface area contributed by atoms with Gasteiger partial charge in [-0.05, 0) is 30.2 Å². The van der Waals surface area contributed by atoms with E-state index >= 15 is 0 Å². The number of amides is 2. The topological polar surface area (TPSA) is 111 Å². The summed E-state index contributed by atoms with van der Waals surface area (Å²) in [6.45, 7) is 2.69. The fourth-order valence-corrected chi connectivity index (χ4v) is 2.19. The predicted octanol–water partition coefficient (Wildman–Crippen LogP) is 1.32. The predicted molar refractivity (Wildman–Crippen MR) is 98.1 cm³/mol. The van der Waals surface area contributed by atoms with Crippen molar-refractivity contribution in [2.24, 2.45) is 5.92 Å². The summed E-state index contributed by atoms with van der Waals surface area (Å²) >= 11 is 5.74. The SMILES string of the molecule is CC[C@H](C)[C@H](NC(=O)COC(=O)CNC(=O)c1ccc(Cl)cc1)C(=O)OC. The Balaban J connectivity index is 2.42. The Hall–Kier alpha value is -2.61. The van der Waals surface area contributed by atoms with Crippen molar-refractivity contribution in [3.05, 3.63) is 34.9 Å². The van der Waals surface area contributed by atoms with Crippen LogP contribution in [0.2, 0.25) is 5.02 Å². The number of nitrogens with one attached hydrogen (secondary N) is 2. The maximum atomic E-state index is 11.9. The van der Waals surface area contributed by atoms with Crippen molar-refractivity contribution in [2.75, 3.05) is 20.3 Å². The second-order valence-electron chi connectivity index (χ2n) is 5.80. The highest BCUT2D eigenvalue weighted by Gasteiger charge is 2.26. The summed E-state index contributed by atoms with van der Waals surface area (Å²) in [5.41, 5.74) is 0.333. The average Bonchev–Trinajstić information content (AvgIpc) is 2.67. The number of carbonyl (C=O) groups excluding carboxylic acids is 4. The molecule has 0 aromatic heterocycles. The Morgan fingerprint density at radius 1 is 1.15 bits per heavy atom. The van der Waals surface area contributed by atoms with E-state index in [1.807, 2.05) is 6.92 Å². The van der Waals surface area contributed by atoms with Gasteiger partial charge in [0.05, 0.1) is 7.11 Å². The molecule has 1 aromatic carbocycles. The number of halogens is 1. The molecule has 2 amide bonds. The summed E-state index contributed by atoms with van der Waals surface area (Å²) < 4.78 is 9.46. The van der Waals surface area contributed by atoms with Gasteiger partial charge in [0.1, 0.15) is 12.6 Å². The fraction of sp³-hybridized carbons (Fsp3) is 0.444. The molecule has 0 saturated heterocycles. The van der Waals surface area contributed by atoms with Gasteiger partial charge in [-0.3, -0.25) is 14.4 Å². The van der Waals surface area contributed by atoms with E-state index in [4.69, 9.17) is 16.3 Å². The first kappa shape index (κ1) is 22.4. The van der Waals surface area contributed by atoms with Crippen LogP contribution in [0.25, 0.3) is 0 Å². The molecule has 8 nitrogen and oxygen atoms in total. The van der Waals surface area contributed by atoms with Gasteiger partial charge in [-0.2, -0.15) is 0 Å². The number of ether oxygens (including phenoxy) is 2. The quantitative estimate of drug-likeness (QED) is 0.607. The molecule has 27 heavy (non-hydrogen) atoms. The van der Waals surface area contributed by atoms with Crippen LogP contribution in [0.3, 0.4) is 0 Å². The zero-order valence-electron chi connectivity index (χ0n) is 15.4. The maximum absolute atomic E-state index is 11.9. The summed E-state index contributed by atoms with van der Waals surface area (Å²) in [4.78, 5) is 47.2. The van der Waals surface area contributed by atoms with Crippen LogP contribution >= 0.6 is 11.6 Å². The fourth-order valence-electron chi connectivity index (χ4n) is 2.06. The third kappa shape index (κ3) is 7.65. The third-order valence-electron chi connectivity index (χ3n) is 3.85. The second kappa shape index (κ2) is 11.2. The molecule has 2 N–H and O–H groups in total. The Bertz CT molecular complexity index is 677. The van der Waals surface area contributed by atoms with Gasteiger partial charge < -0.3 is 20.1 Å². The molecular weight excluding hydrogens is 376 g/mol. The van der Waals surface area contributed by atoms with E-state index in [0.717, 1.165) is 0 Å². The molecule has 0 radical (unpaired) electrons. The van der Waals surface area contributed by atoms with Crippen molar-refractivity contribution in [1.82, 2.24) is 10.6 Å². The highest BCUT2D eigenvalue weighted by molar-refractivity contribution is 6.30. The number of carbonyl (C=O) groups is 4. The smallest absolute Gasteiger partial charge is 0.328 e. The molecule has 0 bridgehead atoms. The number of rotatable bonds is 9. The van der Waals surface area contributed by atoms with E-state index in [9.17, 15) is 19.2 Å². The third-order valence-corrected chi connectivity index (χ3v) is 4.10. The zero-order valence-corrected chi connectivity index (χ0v) is 16.2. The summed E-state index contributed by atoms with van der Waals surface area (Å²) in [5.74, 6) is -2.61. The maximum Gasteiger partial charge on any atom is 0.328 e. The lowest BCUT2D eigenvalue weighted by atomic mass is 9.99. The Labute approximate surface area is 162 Å². The first-order valence-electron chi connectivity index (χ1n) is 8.35. The van der Waals surface area contributed by atoms with Crippen molar-refractivity contribution in [1.29, 1.82) is 0 Å². The van der Waals surface area contributed by atoms with Gasteiger partial charge in [-0.1, -0.05) is 31.9 Å². The number of esters is 2. The monoisotopic (exact) mass is 398 g/mol. The highest BCUT2D eigenvalue weighted by Crippen LogP contribution is 2.10. The largest absolute Gasteiger partial charge is 0.467 e. The van der Waals surface area contributed by atoms with Gasteiger partial charge in [-0.15, -0.1) is 0 Å². The van der Waals surface area contributed by atoms with Crippen molar-refractivity contribution >= 4 is 35.4 Å². The summed E-state index contributed by atoms with van der Waals surface area (Å²) in [6, 6.07) is 5.30. The van der Waals surface area contributed by atoms with E-state index in [1.54, 1.807) is 19.1 Å². The van der Waals surface area contributed by atoms with Crippen LogP contribution in [0.1, 0.15) is 30.6 Å². The molecule has 9 heteroatoms. The van der Waals surface area contributed by atoms with Gasteiger partial charge in [0.2, 0.25) is 0 Å². The number of methoxy groups -OCH3 is 1. The minimum absolute atomic E-state index is 0.143. The zero-order chi connectivity index (χ0) is 20.4. The van der Waals surface area contributed by atoms with E-state index in [2.05, 4.69) is 15.4 Å². The van der Waals surface area contributed by atoms with Crippen molar-refractivity contribution in [2.45, 2.75) is 26.3 Å². The molecular formula is C18H23ClN2O6. The molecule has 0 aliphatic carbocycles. The molecule has 0 aliphatic heterocycles. The van der Waals surface area contributed by atoms with Crippen LogP contribution in [0.5, 0.6) is 0 Å². The molecule has 2 atom stereocenters. The lowest BCUT2D eigenvalue weighted by Crippen LogP contribution is -2.47. The molecule has 0 saturated carbocycles. The first-order valence-corrected chi connectivity index (χ1v) is 8.72. The lowest BCUT2D eigenvalue weighted by Gasteiger charge is -2.21. The number of benzene rings is 1. The molecule has 0 aliphatic rings. The summed E-state index contributed by atoms with van der Waals surface area (Å²) in [6.07, 6.45) is 0.649. The molecule has 0 heterocycles. The van der Waals surface area contributed by atoms with E-state index in [0.29, 0.717) is 17.0 Å². The van der Waals surface area contributed by atoms with Crippen LogP contribution in [-0.2, 0) is 23.9 Å². The Kier molecular flexibility index (Phi) is 9.29. The van der Waals surface area contributed by atoms with Gasteiger partial charge >= 0.3 is 11.9 Å². The number of hydrogen-bond acceptors (Lipinski definition) is 6. The van der Waals surface area contributed by atoms with E-state index in [-0.39, 0.29) is 5.92 Å². The van der Waals surface area contributed by atoms with Crippen molar-refractivity contribution in [3.63, 3.8) is 0 Å². The number of hydrogen-bond donors (Lipinski definition) is 2. The Morgan fingerprint density at radius 2 is 1.78 bits per heavy atom. The van der Waals surface area contributed by atoms with E-state index < -0.39 is 42.9 Å². The highest BCUT2D eigenvalue weighted by atomic mass is 35.5. The van der Waals surface area contributed by atoms with Crippen LogP contribution in [0, 0.1) is 5.92 Å². The van der Waals surface area contributed by atoms with Gasteiger partial charge in [0.25, 0.3) is 11.8 Å². The minimum atomic E-state index is -0.823. The summed E-state index contributed by atoms with van der Waals surface area (Å²) in [5, 5.41) is 5.34. The normalized spacial score (nSPS) is 12.4. The lowest BCUT2D eigenvalue weighted by molar-refractivity contribution is -0.150. The first-order chi connectivity index (χ1) is 12.8. The molecule has 0 unspecified atom stereocenters. The van der Waals surface area contributed by atoms with Crippen LogP contribution in [-0.4, -0.2) is 50.1 Å². The van der Waals surface area contributed by atoms with Crippen LogP contribution in [0.4, 0.5) is 0 Å². The average molecular weight is 399 g/mol. The van der Waals surface area contributed by atoms with E-state index in [1.165, 1.54) is 19.2 Å². The molecule has 1 rings (SSSR count). The van der Waals surface area contributed by atoms with Gasteiger partial charge in [0, 0.05) is 10.6 Å². The van der Waals surface area contributed by atoms with Crippen molar-refractivity contribution in [3.8, 4) is 0 Å². The van der Waals surface area contributed by atoms with Crippen LogP contribution < -0.4 is 10.6 Å². The van der Waals surface area contributed by atoms with Crippen LogP contribution in [0.15, 0.2) is 24.3 Å². The standard InChI is InChI=1S/C18H23ClN2O6/c1-4-11(2)16(18(25)26-3)21-14(22)10-27-15(23)9-20-17(24)12-5-7-13(19)8-6-12/h5-8,11,16H,4,9-10H2,1-3H3,(H,20,24)(H,21,22)/t11-,16-/m0/s1.